The van der Waals surface area contributed by atoms with Crippen LogP contribution in [0.25, 0.3) is 0 Å². The Morgan fingerprint density at radius 1 is 0.968 bits per heavy atom. The van der Waals surface area contributed by atoms with E-state index in [0.29, 0.717) is 13.2 Å². The predicted molar refractivity (Wildman–Crippen MR) is 117 cm³/mol. The van der Waals surface area contributed by atoms with Gasteiger partial charge in [-0.3, -0.25) is 24.3 Å². The van der Waals surface area contributed by atoms with Crippen LogP contribution in [0.5, 0.6) is 5.75 Å². The number of pyridine rings is 2. The van der Waals surface area contributed by atoms with Crippen LogP contribution in [0.4, 0.5) is 0 Å². The van der Waals surface area contributed by atoms with Crippen LogP contribution in [0.3, 0.4) is 0 Å². The third kappa shape index (κ3) is 3.36. The highest BCUT2D eigenvalue weighted by molar-refractivity contribution is 5.96. The molecule has 1 atom stereocenters. The summed E-state index contributed by atoms with van der Waals surface area (Å²) in [5, 5.41) is 12.6. The lowest BCUT2D eigenvalue weighted by Crippen LogP contribution is -2.55. The molecule has 0 fully saturated rings. The molecule has 2 bridgehead atoms. The van der Waals surface area contributed by atoms with Crippen LogP contribution in [0.15, 0.2) is 65.8 Å². The topological polar surface area (TPSA) is 78.7 Å². The van der Waals surface area contributed by atoms with Gasteiger partial charge < -0.3 is 10.0 Å². The molecular weight excluding hydrogens is 392 g/mol. The van der Waals surface area contributed by atoms with Gasteiger partial charge in [-0.15, -0.1) is 0 Å². The predicted octanol–water partition coefficient (Wildman–Crippen LogP) is 2.82. The number of carbonyl (C=O) groups excluding carboxylic acids is 1. The van der Waals surface area contributed by atoms with Crippen LogP contribution in [0.1, 0.15) is 52.5 Å². The third-order valence-electron chi connectivity index (χ3n) is 6.18. The number of fused-ring (bicyclic) bond motifs is 5. The molecule has 2 aliphatic heterocycles. The number of benzene rings is 1. The monoisotopic (exact) mass is 416 g/mol. The number of aryl methyl sites for hydroxylation is 1. The SMILES string of the molecule is O=C1c2c(O)c(=O)ccn2N2CN1CCCCCc1ccccc1[C@H]2c1ccncc1. The van der Waals surface area contributed by atoms with Crippen molar-refractivity contribution in [3.63, 3.8) is 0 Å². The lowest BCUT2D eigenvalue weighted by Gasteiger charge is -2.44. The number of hydrogen-bond donors (Lipinski definition) is 1. The molecular formula is C24H24N4O3. The Labute approximate surface area is 180 Å². The van der Waals surface area contributed by atoms with Gasteiger partial charge in [-0.25, -0.2) is 0 Å². The number of rotatable bonds is 1. The normalized spacial score (nSPS) is 18.7. The molecule has 0 saturated heterocycles. The summed E-state index contributed by atoms with van der Waals surface area (Å²) in [4.78, 5) is 31.3. The summed E-state index contributed by atoms with van der Waals surface area (Å²) in [6.45, 7) is 0.937. The van der Waals surface area contributed by atoms with Crippen molar-refractivity contribution < 1.29 is 9.90 Å². The molecule has 4 heterocycles. The van der Waals surface area contributed by atoms with Gasteiger partial charge in [0, 0.05) is 31.2 Å². The van der Waals surface area contributed by atoms with Gasteiger partial charge in [0.1, 0.15) is 6.67 Å². The average molecular weight is 416 g/mol. The minimum Gasteiger partial charge on any atom is -0.502 e. The molecule has 7 heteroatoms. The fraction of sp³-hybridized carbons (Fsp3) is 0.292. The summed E-state index contributed by atoms with van der Waals surface area (Å²) in [7, 11) is 0. The van der Waals surface area contributed by atoms with E-state index < -0.39 is 11.2 Å². The van der Waals surface area contributed by atoms with Crippen molar-refractivity contribution in [3.05, 3.63) is 93.7 Å². The Bertz CT molecular complexity index is 1170. The van der Waals surface area contributed by atoms with E-state index in [1.807, 2.05) is 18.2 Å². The van der Waals surface area contributed by atoms with Crippen molar-refractivity contribution in [1.82, 2.24) is 14.6 Å². The van der Waals surface area contributed by atoms with Crippen molar-refractivity contribution in [2.24, 2.45) is 0 Å². The number of hydrogen-bond acceptors (Lipinski definition) is 5. The zero-order valence-corrected chi connectivity index (χ0v) is 17.1. The van der Waals surface area contributed by atoms with E-state index in [-0.39, 0.29) is 17.6 Å². The van der Waals surface area contributed by atoms with E-state index in [9.17, 15) is 14.7 Å². The van der Waals surface area contributed by atoms with E-state index in [1.165, 1.54) is 11.6 Å². The Hall–Kier alpha value is -3.61. The molecule has 0 radical (unpaired) electrons. The number of carbonyl (C=O) groups is 1. The van der Waals surface area contributed by atoms with Gasteiger partial charge in [-0.05, 0) is 48.1 Å². The maximum atomic E-state index is 13.2. The molecule has 0 saturated carbocycles. The van der Waals surface area contributed by atoms with E-state index >= 15 is 0 Å². The summed E-state index contributed by atoms with van der Waals surface area (Å²) in [5.74, 6) is -0.814. The summed E-state index contributed by atoms with van der Waals surface area (Å²) in [6.07, 6.45) is 8.99. The van der Waals surface area contributed by atoms with Crippen LogP contribution in [0.2, 0.25) is 0 Å². The quantitative estimate of drug-likeness (QED) is 0.660. The van der Waals surface area contributed by atoms with Gasteiger partial charge in [-0.2, -0.15) is 0 Å². The molecule has 0 unspecified atom stereocenters. The Morgan fingerprint density at radius 2 is 1.77 bits per heavy atom. The molecule has 5 rings (SSSR count). The summed E-state index contributed by atoms with van der Waals surface area (Å²) < 4.78 is 1.65. The Morgan fingerprint density at radius 3 is 2.61 bits per heavy atom. The van der Waals surface area contributed by atoms with Crippen LogP contribution in [-0.2, 0) is 6.42 Å². The minimum atomic E-state index is -0.549. The van der Waals surface area contributed by atoms with Crippen molar-refractivity contribution in [2.45, 2.75) is 31.7 Å². The second-order valence-corrected chi connectivity index (χ2v) is 8.06. The first kappa shape index (κ1) is 19.4. The smallest absolute Gasteiger partial charge is 0.277 e. The van der Waals surface area contributed by atoms with Crippen LogP contribution in [0, 0.1) is 0 Å². The van der Waals surface area contributed by atoms with Crippen LogP contribution < -0.4 is 10.4 Å². The summed E-state index contributed by atoms with van der Waals surface area (Å²) in [5.41, 5.74) is 2.91. The lowest BCUT2D eigenvalue weighted by atomic mass is 9.92. The minimum absolute atomic E-state index is 0.0227. The summed E-state index contributed by atoms with van der Waals surface area (Å²) in [6, 6.07) is 13.4. The molecule has 2 aromatic heterocycles. The average Bonchev–Trinajstić information content (AvgIpc) is 2.82. The van der Waals surface area contributed by atoms with Gasteiger partial charge in [0.15, 0.2) is 11.4 Å². The van der Waals surface area contributed by atoms with Crippen molar-refractivity contribution in [2.75, 3.05) is 18.2 Å². The Kier molecular flexibility index (Phi) is 4.94. The molecule has 1 amide bonds. The standard InChI is InChI=1S/C24H24N4O3/c29-20-11-15-27-22(23(20)30)24(31)26-14-5-1-2-6-17-7-3-4-8-19(17)21(28(27)16-26)18-9-12-25-13-10-18/h3-4,7-13,15,21,30H,1-2,5-6,14,16H2/t21-/m1/s1. The molecule has 158 valence electrons. The highest BCUT2D eigenvalue weighted by atomic mass is 16.3. The number of nitrogens with zero attached hydrogens (tertiary/aromatic N) is 4. The number of aromatic hydroxyl groups is 1. The van der Waals surface area contributed by atoms with Crippen molar-refractivity contribution in [3.8, 4) is 5.75 Å². The number of amides is 1. The van der Waals surface area contributed by atoms with Gasteiger partial charge >= 0.3 is 0 Å². The second-order valence-electron chi connectivity index (χ2n) is 8.06. The van der Waals surface area contributed by atoms with E-state index in [2.05, 4.69) is 28.2 Å². The van der Waals surface area contributed by atoms with Gasteiger partial charge in [-0.1, -0.05) is 30.7 Å². The lowest BCUT2D eigenvalue weighted by molar-refractivity contribution is 0.0677. The fourth-order valence-corrected chi connectivity index (χ4v) is 4.65. The highest BCUT2D eigenvalue weighted by Gasteiger charge is 2.37. The molecule has 3 aromatic rings. The first-order chi connectivity index (χ1) is 15.1. The highest BCUT2D eigenvalue weighted by Crippen LogP contribution is 2.34. The zero-order chi connectivity index (χ0) is 21.4. The maximum Gasteiger partial charge on any atom is 0.277 e. The van der Waals surface area contributed by atoms with Gasteiger partial charge in [0.2, 0.25) is 5.43 Å². The van der Waals surface area contributed by atoms with Crippen molar-refractivity contribution in [1.29, 1.82) is 0 Å². The molecule has 31 heavy (non-hydrogen) atoms. The largest absolute Gasteiger partial charge is 0.502 e. The molecule has 0 aliphatic carbocycles. The molecule has 2 aliphatic rings. The zero-order valence-electron chi connectivity index (χ0n) is 17.1. The van der Waals surface area contributed by atoms with Crippen LogP contribution in [-0.4, -0.2) is 38.8 Å². The fourth-order valence-electron chi connectivity index (χ4n) is 4.65. The van der Waals surface area contributed by atoms with Gasteiger partial charge in [0.25, 0.3) is 5.91 Å². The third-order valence-corrected chi connectivity index (χ3v) is 6.18. The van der Waals surface area contributed by atoms with E-state index in [4.69, 9.17) is 0 Å². The first-order valence-electron chi connectivity index (χ1n) is 10.6. The molecule has 0 spiro atoms. The van der Waals surface area contributed by atoms with Gasteiger partial charge in [0.05, 0.1) is 6.04 Å². The summed E-state index contributed by atoms with van der Waals surface area (Å²) >= 11 is 0. The Balaban J connectivity index is 1.78. The molecule has 1 N–H and O–H groups in total. The first-order valence-corrected chi connectivity index (χ1v) is 10.6. The van der Waals surface area contributed by atoms with E-state index in [0.717, 1.165) is 36.8 Å². The molecule has 7 nitrogen and oxygen atoms in total. The maximum absolute atomic E-state index is 13.2. The number of aromatic nitrogens is 2. The van der Waals surface area contributed by atoms with Crippen molar-refractivity contribution >= 4 is 5.91 Å². The molecule has 1 aromatic carbocycles. The van der Waals surface area contributed by atoms with Crippen LogP contribution >= 0.6 is 0 Å². The second kappa shape index (κ2) is 7.91. The van der Waals surface area contributed by atoms with E-state index in [1.54, 1.807) is 28.2 Å².